The molecule has 0 aromatic heterocycles. The van der Waals surface area contributed by atoms with Gasteiger partial charge in [0, 0.05) is 6.54 Å². The number of carboxylic acids is 1. The minimum Gasteiger partial charge on any atom is -0.481 e. The van der Waals surface area contributed by atoms with Crippen molar-refractivity contribution in [3.8, 4) is 0 Å². The maximum absolute atomic E-state index is 12.0. The molecule has 104 valence electrons. The first-order valence-corrected chi connectivity index (χ1v) is 6.27. The van der Waals surface area contributed by atoms with E-state index in [0.717, 1.165) is 6.42 Å². The van der Waals surface area contributed by atoms with E-state index in [2.05, 4.69) is 5.32 Å². The molecule has 1 amide bonds. The molecule has 6 nitrogen and oxygen atoms in total. The van der Waals surface area contributed by atoms with E-state index in [1.165, 1.54) is 0 Å². The average Bonchev–Trinajstić information content (AvgIpc) is 2.69. The van der Waals surface area contributed by atoms with E-state index in [4.69, 9.17) is 10.5 Å². The van der Waals surface area contributed by atoms with Crippen molar-refractivity contribution in [2.75, 3.05) is 19.8 Å². The van der Waals surface area contributed by atoms with E-state index in [9.17, 15) is 14.7 Å². The van der Waals surface area contributed by atoms with Gasteiger partial charge in [-0.3, -0.25) is 9.59 Å². The molecule has 1 heterocycles. The van der Waals surface area contributed by atoms with Crippen molar-refractivity contribution in [3.05, 3.63) is 0 Å². The second-order valence-corrected chi connectivity index (χ2v) is 5.02. The average molecular weight is 258 g/mol. The van der Waals surface area contributed by atoms with Gasteiger partial charge in [-0.1, -0.05) is 13.3 Å². The van der Waals surface area contributed by atoms with E-state index >= 15 is 0 Å². The maximum Gasteiger partial charge on any atom is 0.313 e. The van der Waals surface area contributed by atoms with Gasteiger partial charge >= 0.3 is 5.97 Å². The van der Waals surface area contributed by atoms with Gasteiger partial charge in [0.15, 0.2) is 0 Å². The highest BCUT2D eigenvalue weighted by Gasteiger charge is 2.47. The molecule has 3 unspecified atom stereocenters. The predicted molar refractivity (Wildman–Crippen MR) is 65.9 cm³/mol. The van der Waals surface area contributed by atoms with Crippen LogP contribution in [0.25, 0.3) is 0 Å². The standard InChI is InChI=1S/C12H22N2O4/c1-3-4-8(5-13)10(15)14-9-6-18-7-12(9,2)11(16)17/h8-9H,3-7,13H2,1-2H3,(H,14,15)(H,16,17). The highest BCUT2D eigenvalue weighted by molar-refractivity contribution is 5.82. The molecule has 1 aliphatic rings. The molecular formula is C12H22N2O4. The Bertz CT molecular complexity index is 321. The lowest BCUT2D eigenvalue weighted by Gasteiger charge is -2.27. The van der Waals surface area contributed by atoms with Crippen molar-refractivity contribution >= 4 is 11.9 Å². The summed E-state index contributed by atoms with van der Waals surface area (Å²) in [6.07, 6.45) is 1.58. The zero-order valence-corrected chi connectivity index (χ0v) is 10.9. The summed E-state index contributed by atoms with van der Waals surface area (Å²) in [5, 5.41) is 12.0. The Morgan fingerprint density at radius 3 is 2.78 bits per heavy atom. The Morgan fingerprint density at radius 1 is 1.61 bits per heavy atom. The second-order valence-electron chi connectivity index (χ2n) is 5.02. The van der Waals surface area contributed by atoms with Crippen LogP contribution in [0.5, 0.6) is 0 Å². The van der Waals surface area contributed by atoms with Gasteiger partial charge in [-0.15, -0.1) is 0 Å². The van der Waals surface area contributed by atoms with Gasteiger partial charge in [0.05, 0.1) is 25.2 Å². The van der Waals surface area contributed by atoms with Crippen LogP contribution in [0.2, 0.25) is 0 Å². The minimum absolute atomic E-state index is 0.119. The predicted octanol–water partition coefficient (Wildman–Crippen LogP) is -0.0327. The number of amides is 1. The molecule has 1 aliphatic heterocycles. The van der Waals surface area contributed by atoms with Crippen LogP contribution in [0.1, 0.15) is 26.7 Å². The quantitative estimate of drug-likeness (QED) is 0.621. The van der Waals surface area contributed by atoms with Crippen LogP contribution in [0, 0.1) is 11.3 Å². The molecule has 0 spiro atoms. The van der Waals surface area contributed by atoms with Crippen LogP contribution in [0.15, 0.2) is 0 Å². The van der Waals surface area contributed by atoms with Crippen LogP contribution >= 0.6 is 0 Å². The Labute approximate surface area is 107 Å². The normalized spacial score (nSPS) is 28.9. The van der Waals surface area contributed by atoms with Crippen molar-refractivity contribution in [1.29, 1.82) is 0 Å². The lowest BCUT2D eigenvalue weighted by molar-refractivity contribution is -0.149. The molecule has 1 fully saturated rings. The van der Waals surface area contributed by atoms with Gasteiger partial charge in [0.2, 0.25) is 5.91 Å². The summed E-state index contributed by atoms with van der Waals surface area (Å²) >= 11 is 0. The van der Waals surface area contributed by atoms with E-state index in [-0.39, 0.29) is 31.6 Å². The van der Waals surface area contributed by atoms with Gasteiger partial charge < -0.3 is 20.9 Å². The molecule has 3 atom stereocenters. The summed E-state index contributed by atoms with van der Waals surface area (Å²) in [6.45, 7) is 4.20. The summed E-state index contributed by atoms with van der Waals surface area (Å²) in [5.74, 6) is -1.39. The minimum atomic E-state index is -1.05. The first-order chi connectivity index (χ1) is 8.45. The van der Waals surface area contributed by atoms with Crippen molar-refractivity contribution in [1.82, 2.24) is 5.32 Å². The van der Waals surface area contributed by atoms with Gasteiger partial charge in [0.1, 0.15) is 5.41 Å². The molecule has 0 aliphatic carbocycles. The molecule has 1 rings (SSSR count). The monoisotopic (exact) mass is 258 g/mol. The third kappa shape index (κ3) is 3.00. The van der Waals surface area contributed by atoms with Crippen LogP contribution in [-0.4, -0.2) is 42.8 Å². The number of hydrogen-bond acceptors (Lipinski definition) is 4. The molecule has 18 heavy (non-hydrogen) atoms. The zero-order valence-electron chi connectivity index (χ0n) is 10.9. The first kappa shape index (κ1) is 14.9. The van der Waals surface area contributed by atoms with E-state index in [0.29, 0.717) is 6.42 Å². The van der Waals surface area contributed by atoms with Gasteiger partial charge in [-0.25, -0.2) is 0 Å². The van der Waals surface area contributed by atoms with Crippen LogP contribution in [0.4, 0.5) is 0 Å². The molecule has 4 N–H and O–H groups in total. The fourth-order valence-corrected chi connectivity index (χ4v) is 2.08. The lowest BCUT2D eigenvalue weighted by atomic mass is 9.85. The lowest BCUT2D eigenvalue weighted by Crippen LogP contribution is -2.51. The SMILES string of the molecule is CCCC(CN)C(=O)NC1COCC1(C)C(=O)O. The number of rotatable bonds is 6. The number of aliphatic carboxylic acids is 1. The summed E-state index contributed by atoms with van der Waals surface area (Å²) in [5.41, 5.74) is 4.50. The Hall–Kier alpha value is -1.14. The molecular weight excluding hydrogens is 236 g/mol. The first-order valence-electron chi connectivity index (χ1n) is 6.27. The molecule has 6 heteroatoms. The number of carbonyl (C=O) groups excluding carboxylic acids is 1. The van der Waals surface area contributed by atoms with Gasteiger partial charge in [-0.2, -0.15) is 0 Å². The second kappa shape index (κ2) is 6.15. The molecule has 0 aromatic carbocycles. The molecule has 0 radical (unpaired) electrons. The van der Waals surface area contributed by atoms with Crippen molar-refractivity contribution < 1.29 is 19.4 Å². The fourth-order valence-electron chi connectivity index (χ4n) is 2.08. The third-order valence-corrected chi connectivity index (χ3v) is 3.55. The summed E-state index contributed by atoms with van der Waals surface area (Å²) < 4.78 is 5.18. The van der Waals surface area contributed by atoms with Crippen LogP contribution < -0.4 is 11.1 Å². The Balaban J connectivity index is 2.66. The van der Waals surface area contributed by atoms with Crippen molar-refractivity contribution in [3.63, 3.8) is 0 Å². The molecule has 0 saturated carbocycles. The van der Waals surface area contributed by atoms with Crippen LogP contribution in [0.3, 0.4) is 0 Å². The molecule has 0 bridgehead atoms. The van der Waals surface area contributed by atoms with Gasteiger partial charge in [-0.05, 0) is 13.3 Å². The summed E-state index contributed by atoms with van der Waals surface area (Å²) in [6, 6.07) is -0.492. The fraction of sp³-hybridized carbons (Fsp3) is 0.833. The number of ether oxygens (including phenoxy) is 1. The van der Waals surface area contributed by atoms with E-state index in [1.807, 2.05) is 6.92 Å². The highest BCUT2D eigenvalue weighted by Crippen LogP contribution is 2.29. The number of carbonyl (C=O) groups is 2. The van der Waals surface area contributed by atoms with Gasteiger partial charge in [0.25, 0.3) is 0 Å². The van der Waals surface area contributed by atoms with Crippen molar-refractivity contribution in [2.24, 2.45) is 17.1 Å². The summed E-state index contributed by atoms with van der Waals surface area (Å²) in [7, 11) is 0. The number of nitrogens with one attached hydrogen (secondary N) is 1. The maximum atomic E-state index is 12.0. The van der Waals surface area contributed by atoms with E-state index in [1.54, 1.807) is 6.92 Å². The largest absolute Gasteiger partial charge is 0.481 e. The number of carboxylic acid groups (broad SMARTS) is 1. The smallest absolute Gasteiger partial charge is 0.313 e. The Morgan fingerprint density at radius 2 is 2.28 bits per heavy atom. The van der Waals surface area contributed by atoms with Crippen molar-refractivity contribution in [2.45, 2.75) is 32.7 Å². The summed E-state index contributed by atoms with van der Waals surface area (Å²) in [4.78, 5) is 23.2. The zero-order chi connectivity index (χ0) is 13.8. The number of nitrogens with two attached hydrogens (primary N) is 1. The number of hydrogen-bond donors (Lipinski definition) is 3. The topological polar surface area (TPSA) is 102 Å². The highest BCUT2D eigenvalue weighted by atomic mass is 16.5. The van der Waals surface area contributed by atoms with E-state index < -0.39 is 17.4 Å². The van der Waals surface area contributed by atoms with Crippen LogP contribution in [-0.2, 0) is 14.3 Å². The molecule has 0 aromatic rings. The Kier molecular flexibility index (Phi) is 5.10. The molecule has 1 saturated heterocycles. The third-order valence-electron chi connectivity index (χ3n) is 3.55.